The molecule has 0 amide bonds. The first-order valence-electron chi connectivity index (χ1n) is 8.13. The van der Waals surface area contributed by atoms with Gasteiger partial charge in [-0.1, -0.05) is 19.0 Å². The topological polar surface area (TPSA) is 90.9 Å². The fraction of sp³-hybridized carbons (Fsp3) is 0.733. The smallest absolute Gasteiger partial charge is 0.240 e. The molecule has 0 aliphatic carbocycles. The van der Waals surface area contributed by atoms with E-state index in [4.69, 9.17) is 9.26 Å². The zero-order valence-corrected chi connectivity index (χ0v) is 13.9. The quantitative estimate of drug-likeness (QED) is 0.816. The molecule has 1 aliphatic heterocycles. The number of nitrogens with one attached hydrogen (secondary N) is 1. The SMILES string of the molecule is COCCc1noc(CN[C@H]2CCc3nc(C(C)C)nn3C2)n1. The van der Waals surface area contributed by atoms with Crippen molar-refractivity contribution >= 4 is 0 Å². The van der Waals surface area contributed by atoms with E-state index in [0.29, 0.717) is 43.2 Å². The largest absolute Gasteiger partial charge is 0.384 e. The molecule has 2 aromatic rings. The maximum Gasteiger partial charge on any atom is 0.240 e. The first-order valence-corrected chi connectivity index (χ1v) is 8.13. The Hall–Kier alpha value is -1.80. The average molecular weight is 320 g/mol. The highest BCUT2D eigenvalue weighted by atomic mass is 16.5. The van der Waals surface area contributed by atoms with Gasteiger partial charge in [0.25, 0.3) is 0 Å². The van der Waals surface area contributed by atoms with Crippen LogP contribution >= 0.6 is 0 Å². The van der Waals surface area contributed by atoms with Crippen molar-refractivity contribution in [1.29, 1.82) is 0 Å². The highest BCUT2D eigenvalue weighted by Gasteiger charge is 2.22. The van der Waals surface area contributed by atoms with Gasteiger partial charge in [0, 0.05) is 31.9 Å². The van der Waals surface area contributed by atoms with E-state index in [9.17, 15) is 0 Å². The summed E-state index contributed by atoms with van der Waals surface area (Å²) in [7, 11) is 1.66. The molecule has 0 unspecified atom stereocenters. The lowest BCUT2D eigenvalue weighted by molar-refractivity contribution is 0.199. The minimum atomic E-state index is 0.346. The van der Waals surface area contributed by atoms with Crippen molar-refractivity contribution in [3.8, 4) is 0 Å². The molecule has 0 radical (unpaired) electrons. The van der Waals surface area contributed by atoms with Crippen molar-refractivity contribution in [2.24, 2.45) is 0 Å². The van der Waals surface area contributed by atoms with Gasteiger partial charge in [0.2, 0.25) is 5.89 Å². The molecule has 0 bridgehead atoms. The van der Waals surface area contributed by atoms with Crippen molar-refractivity contribution in [3.05, 3.63) is 23.4 Å². The average Bonchev–Trinajstić information content (AvgIpc) is 3.17. The van der Waals surface area contributed by atoms with E-state index in [1.54, 1.807) is 7.11 Å². The Morgan fingerprint density at radius 3 is 3.04 bits per heavy atom. The Kier molecular flexibility index (Phi) is 5.02. The first kappa shape index (κ1) is 16.1. The third kappa shape index (κ3) is 3.94. The van der Waals surface area contributed by atoms with Crippen LogP contribution in [0.15, 0.2) is 4.52 Å². The number of hydrogen-bond donors (Lipinski definition) is 1. The minimum absolute atomic E-state index is 0.346. The third-order valence-corrected chi connectivity index (χ3v) is 3.97. The number of methoxy groups -OCH3 is 1. The van der Waals surface area contributed by atoms with E-state index >= 15 is 0 Å². The van der Waals surface area contributed by atoms with Gasteiger partial charge in [0.05, 0.1) is 19.7 Å². The lowest BCUT2D eigenvalue weighted by Crippen LogP contribution is -2.37. The fourth-order valence-corrected chi connectivity index (χ4v) is 2.63. The molecule has 23 heavy (non-hydrogen) atoms. The van der Waals surface area contributed by atoms with Crippen molar-refractivity contribution in [3.63, 3.8) is 0 Å². The van der Waals surface area contributed by atoms with Gasteiger partial charge in [-0.25, -0.2) is 9.67 Å². The molecule has 0 spiro atoms. The normalized spacial score (nSPS) is 17.7. The van der Waals surface area contributed by atoms with Gasteiger partial charge >= 0.3 is 0 Å². The standard InChI is InChI=1S/C15H24N6O2/c1-10(2)15-18-13-5-4-11(9-21(13)19-15)16-8-14-17-12(20-23-14)6-7-22-3/h10-11,16H,4-9H2,1-3H3/t11-/m0/s1. The van der Waals surface area contributed by atoms with Gasteiger partial charge < -0.3 is 14.6 Å². The number of fused-ring (bicyclic) bond motifs is 1. The molecule has 0 fully saturated rings. The maximum absolute atomic E-state index is 5.24. The second-order valence-corrected chi connectivity index (χ2v) is 6.19. The van der Waals surface area contributed by atoms with Crippen LogP contribution in [0.2, 0.25) is 0 Å². The van der Waals surface area contributed by atoms with Crippen molar-refractivity contribution < 1.29 is 9.26 Å². The van der Waals surface area contributed by atoms with Crippen molar-refractivity contribution in [2.45, 2.75) is 58.2 Å². The zero-order valence-electron chi connectivity index (χ0n) is 13.9. The lowest BCUT2D eigenvalue weighted by Gasteiger charge is -2.22. The second kappa shape index (κ2) is 7.18. The molecule has 1 aliphatic rings. The van der Waals surface area contributed by atoms with Crippen molar-refractivity contribution in [1.82, 2.24) is 30.2 Å². The van der Waals surface area contributed by atoms with Crippen LogP contribution in [0, 0.1) is 0 Å². The Morgan fingerprint density at radius 1 is 1.39 bits per heavy atom. The highest BCUT2D eigenvalue weighted by molar-refractivity contribution is 5.01. The summed E-state index contributed by atoms with van der Waals surface area (Å²) < 4.78 is 12.3. The Morgan fingerprint density at radius 2 is 2.26 bits per heavy atom. The molecule has 1 N–H and O–H groups in total. The number of nitrogens with zero attached hydrogens (tertiary/aromatic N) is 5. The molecule has 0 aromatic carbocycles. The summed E-state index contributed by atoms with van der Waals surface area (Å²) in [6.45, 7) is 6.25. The van der Waals surface area contributed by atoms with Crippen molar-refractivity contribution in [2.75, 3.05) is 13.7 Å². The Labute approximate surface area is 135 Å². The zero-order chi connectivity index (χ0) is 16.2. The first-order chi connectivity index (χ1) is 11.2. The van der Waals surface area contributed by atoms with Gasteiger partial charge in [-0.05, 0) is 6.42 Å². The summed E-state index contributed by atoms with van der Waals surface area (Å²) in [6, 6.07) is 0.346. The molecule has 8 heteroatoms. The van der Waals surface area contributed by atoms with E-state index in [1.165, 1.54) is 0 Å². The molecule has 3 rings (SSSR count). The van der Waals surface area contributed by atoms with E-state index in [0.717, 1.165) is 31.0 Å². The van der Waals surface area contributed by atoms with Crippen LogP contribution in [-0.2, 0) is 30.7 Å². The van der Waals surface area contributed by atoms with E-state index in [1.807, 2.05) is 4.68 Å². The molecule has 126 valence electrons. The summed E-state index contributed by atoms with van der Waals surface area (Å²) in [4.78, 5) is 8.95. The van der Waals surface area contributed by atoms with E-state index < -0.39 is 0 Å². The second-order valence-electron chi connectivity index (χ2n) is 6.19. The lowest BCUT2D eigenvalue weighted by atomic mass is 10.1. The molecular formula is C15H24N6O2. The third-order valence-electron chi connectivity index (χ3n) is 3.97. The number of aromatic nitrogens is 5. The molecule has 2 aromatic heterocycles. The number of hydrogen-bond acceptors (Lipinski definition) is 7. The predicted molar refractivity (Wildman–Crippen MR) is 82.9 cm³/mol. The van der Waals surface area contributed by atoms with Crippen LogP contribution in [0.5, 0.6) is 0 Å². The van der Waals surface area contributed by atoms with Crippen LogP contribution in [0.25, 0.3) is 0 Å². The summed E-state index contributed by atoms with van der Waals surface area (Å²) in [5.41, 5.74) is 0. The van der Waals surface area contributed by atoms with Gasteiger partial charge in [-0.2, -0.15) is 10.1 Å². The van der Waals surface area contributed by atoms with E-state index in [-0.39, 0.29) is 0 Å². The van der Waals surface area contributed by atoms with Gasteiger partial charge in [-0.3, -0.25) is 0 Å². The van der Waals surface area contributed by atoms with Crippen LogP contribution in [0.1, 0.15) is 49.6 Å². The predicted octanol–water partition coefficient (Wildman–Crippen LogP) is 1.08. The van der Waals surface area contributed by atoms with Crippen LogP contribution < -0.4 is 5.32 Å². The molecule has 3 heterocycles. The van der Waals surface area contributed by atoms with Gasteiger partial charge in [0.1, 0.15) is 5.82 Å². The number of aryl methyl sites for hydroxylation is 1. The van der Waals surface area contributed by atoms with E-state index in [2.05, 4.69) is 39.4 Å². The van der Waals surface area contributed by atoms with Gasteiger partial charge in [0.15, 0.2) is 11.6 Å². The summed E-state index contributed by atoms with van der Waals surface area (Å²) in [5, 5.41) is 12.0. The monoisotopic (exact) mass is 320 g/mol. The molecule has 0 saturated heterocycles. The summed E-state index contributed by atoms with van der Waals surface area (Å²) in [5.74, 6) is 3.69. The maximum atomic E-state index is 5.24. The molecular weight excluding hydrogens is 296 g/mol. The molecule has 1 atom stereocenters. The minimum Gasteiger partial charge on any atom is -0.384 e. The fourth-order valence-electron chi connectivity index (χ4n) is 2.63. The van der Waals surface area contributed by atoms with Crippen LogP contribution in [0.3, 0.4) is 0 Å². The number of ether oxygens (including phenoxy) is 1. The van der Waals surface area contributed by atoms with Crippen LogP contribution in [0.4, 0.5) is 0 Å². The Bertz CT molecular complexity index is 636. The highest BCUT2D eigenvalue weighted by Crippen LogP contribution is 2.17. The summed E-state index contributed by atoms with van der Waals surface area (Å²) >= 11 is 0. The van der Waals surface area contributed by atoms with Crippen LogP contribution in [-0.4, -0.2) is 44.7 Å². The Balaban J connectivity index is 1.52. The summed E-state index contributed by atoms with van der Waals surface area (Å²) in [6.07, 6.45) is 2.66. The molecule has 8 nitrogen and oxygen atoms in total. The number of rotatable bonds is 7. The van der Waals surface area contributed by atoms with Gasteiger partial charge in [-0.15, -0.1) is 0 Å². The molecule has 0 saturated carbocycles.